The van der Waals surface area contributed by atoms with E-state index in [0.29, 0.717) is 6.61 Å². The summed E-state index contributed by atoms with van der Waals surface area (Å²) in [6.07, 6.45) is 1.76. The zero-order valence-corrected chi connectivity index (χ0v) is 10.4. The molecule has 0 aliphatic rings. The highest BCUT2D eigenvalue weighted by Crippen LogP contribution is 2.19. The van der Waals surface area contributed by atoms with Crippen LogP contribution in [0.25, 0.3) is 0 Å². The van der Waals surface area contributed by atoms with Gasteiger partial charge in [0.15, 0.2) is 0 Å². The molecular weight excluding hydrogens is 262 g/mol. The molecule has 0 aliphatic carbocycles. The molecule has 0 bridgehead atoms. The monoisotopic (exact) mass is 275 g/mol. The van der Waals surface area contributed by atoms with Crippen molar-refractivity contribution in [2.75, 3.05) is 19.8 Å². The molecule has 0 saturated heterocycles. The molecule has 78 valence electrons. The van der Waals surface area contributed by atoms with Gasteiger partial charge in [0.1, 0.15) is 0 Å². The van der Waals surface area contributed by atoms with E-state index < -0.39 is 0 Å². The minimum Gasteiger partial charge on any atom is -0.376 e. The molecule has 1 rings (SSSR count). The number of nitrogens with one attached hydrogen (secondary N) is 1. The Labute approximate surface area is 97.1 Å². The molecule has 1 aromatic heterocycles. The fraction of sp³-hybridized carbons (Fsp3) is 0.400. The van der Waals surface area contributed by atoms with Gasteiger partial charge < -0.3 is 10.1 Å². The Bertz CT molecular complexity index is 275. The third-order valence-electron chi connectivity index (χ3n) is 1.58. The Balaban J connectivity index is 2.01. The third-order valence-corrected chi connectivity index (χ3v) is 3.28. The van der Waals surface area contributed by atoms with Gasteiger partial charge in [0.2, 0.25) is 0 Å². The molecule has 0 amide bonds. The predicted molar refractivity (Wildman–Crippen MR) is 64.7 cm³/mol. The molecule has 1 heterocycles. The van der Waals surface area contributed by atoms with Crippen LogP contribution >= 0.6 is 27.3 Å². The van der Waals surface area contributed by atoms with Crippen LogP contribution in [0.1, 0.15) is 4.88 Å². The standard InChI is InChI=1S/C10H14BrNOS/c1-2-4-13-5-3-12-7-10-6-9(11)8-14-10/h2,6,8,12H,1,3-5,7H2. The highest BCUT2D eigenvalue weighted by atomic mass is 79.9. The number of halogens is 1. The summed E-state index contributed by atoms with van der Waals surface area (Å²) >= 11 is 5.17. The summed E-state index contributed by atoms with van der Waals surface area (Å²) in [7, 11) is 0. The lowest BCUT2D eigenvalue weighted by atomic mass is 10.4. The smallest absolute Gasteiger partial charge is 0.0645 e. The van der Waals surface area contributed by atoms with Crippen molar-refractivity contribution in [1.29, 1.82) is 0 Å². The molecule has 1 N–H and O–H groups in total. The zero-order chi connectivity index (χ0) is 10.2. The molecule has 0 atom stereocenters. The second-order valence-electron chi connectivity index (χ2n) is 2.77. The van der Waals surface area contributed by atoms with E-state index in [1.807, 2.05) is 0 Å². The van der Waals surface area contributed by atoms with Gasteiger partial charge in [0.05, 0.1) is 13.2 Å². The van der Waals surface area contributed by atoms with Crippen molar-refractivity contribution in [3.05, 3.63) is 33.5 Å². The lowest BCUT2D eigenvalue weighted by Crippen LogP contribution is -2.18. The first-order chi connectivity index (χ1) is 6.83. The fourth-order valence-corrected chi connectivity index (χ4v) is 2.39. The summed E-state index contributed by atoms with van der Waals surface area (Å²) in [5.41, 5.74) is 0. The highest BCUT2D eigenvalue weighted by molar-refractivity contribution is 9.10. The van der Waals surface area contributed by atoms with Gasteiger partial charge in [-0.25, -0.2) is 0 Å². The van der Waals surface area contributed by atoms with E-state index in [1.165, 1.54) is 4.88 Å². The molecule has 0 aliphatic heterocycles. The van der Waals surface area contributed by atoms with Crippen molar-refractivity contribution >= 4 is 27.3 Å². The van der Waals surface area contributed by atoms with Crippen molar-refractivity contribution in [1.82, 2.24) is 5.32 Å². The van der Waals surface area contributed by atoms with Gasteiger partial charge in [0.25, 0.3) is 0 Å². The van der Waals surface area contributed by atoms with E-state index in [0.717, 1.165) is 24.2 Å². The Hall–Kier alpha value is -0.160. The Morgan fingerprint density at radius 1 is 1.64 bits per heavy atom. The molecule has 1 aromatic rings. The van der Waals surface area contributed by atoms with E-state index in [1.54, 1.807) is 17.4 Å². The minimum absolute atomic E-state index is 0.631. The molecule has 4 heteroatoms. The first kappa shape index (κ1) is 11.9. The van der Waals surface area contributed by atoms with Gasteiger partial charge >= 0.3 is 0 Å². The van der Waals surface area contributed by atoms with Gasteiger partial charge in [0, 0.05) is 27.8 Å². The van der Waals surface area contributed by atoms with E-state index in [-0.39, 0.29) is 0 Å². The van der Waals surface area contributed by atoms with Gasteiger partial charge in [-0.15, -0.1) is 17.9 Å². The summed E-state index contributed by atoms with van der Waals surface area (Å²) < 4.78 is 6.39. The van der Waals surface area contributed by atoms with Crippen LogP contribution in [-0.2, 0) is 11.3 Å². The maximum Gasteiger partial charge on any atom is 0.0645 e. The van der Waals surface area contributed by atoms with Crippen LogP contribution in [0.5, 0.6) is 0 Å². The van der Waals surface area contributed by atoms with Crippen LogP contribution in [0.15, 0.2) is 28.6 Å². The van der Waals surface area contributed by atoms with Gasteiger partial charge in [-0.1, -0.05) is 6.08 Å². The number of hydrogen-bond donors (Lipinski definition) is 1. The summed E-state index contributed by atoms with van der Waals surface area (Å²) in [5.74, 6) is 0. The van der Waals surface area contributed by atoms with E-state index in [9.17, 15) is 0 Å². The minimum atomic E-state index is 0.631. The first-order valence-electron chi connectivity index (χ1n) is 4.45. The third kappa shape index (κ3) is 4.91. The van der Waals surface area contributed by atoms with Crippen molar-refractivity contribution in [3.8, 4) is 0 Å². The van der Waals surface area contributed by atoms with Crippen LogP contribution in [0.2, 0.25) is 0 Å². The number of hydrogen-bond acceptors (Lipinski definition) is 3. The zero-order valence-electron chi connectivity index (χ0n) is 7.96. The summed E-state index contributed by atoms with van der Waals surface area (Å²) in [6.45, 7) is 6.73. The quantitative estimate of drug-likeness (QED) is 0.611. The van der Waals surface area contributed by atoms with Crippen molar-refractivity contribution < 1.29 is 4.74 Å². The normalized spacial score (nSPS) is 10.4. The molecule has 2 nitrogen and oxygen atoms in total. The van der Waals surface area contributed by atoms with Gasteiger partial charge in [-0.3, -0.25) is 0 Å². The maximum atomic E-state index is 5.24. The van der Waals surface area contributed by atoms with Gasteiger partial charge in [-0.05, 0) is 22.0 Å². The Morgan fingerprint density at radius 2 is 2.50 bits per heavy atom. The van der Waals surface area contributed by atoms with E-state index in [2.05, 4.69) is 39.3 Å². The molecule has 0 spiro atoms. The second kappa shape index (κ2) is 7.17. The SMILES string of the molecule is C=CCOCCNCc1cc(Br)cs1. The van der Waals surface area contributed by atoms with Crippen molar-refractivity contribution in [3.63, 3.8) is 0 Å². The van der Waals surface area contributed by atoms with Crippen LogP contribution < -0.4 is 5.32 Å². The molecule has 14 heavy (non-hydrogen) atoms. The van der Waals surface area contributed by atoms with Crippen LogP contribution in [0.3, 0.4) is 0 Å². The maximum absolute atomic E-state index is 5.24. The largest absolute Gasteiger partial charge is 0.376 e. The lowest BCUT2D eigenvalue weighted by molar-refractivity contribution is 0.164. The molecular formula is C10H14BrNOS. The number of rotatable bonds is 7. The van der Waals surface area contributed by atoms with Crippen LogP contribution in [0.4, 0.5) is 0 Å². The predicted octanol–water partition coefficient (Wildman–Crippen LogP) is 2.80. The molecule has 0 radical (unpaired) electrons. The highest BCUT2D eigenvalue weighted by Gasteiger charge is 1.96. The second-order valence-corrected chi connectivity index (χ2v) is 4.68. The Kier molecular flexibility index (Phi) is 6.10. The summed E-state index contributed by atoms with van der Waals surface area (Å²) in [5, 5.41) is 5.39. The van der Waals surface area contributed by atoms with Crippen LogP contribution in [-0.4, -0.2) is 19.8 Å². The number of thiophene rings is 1. The van der Waals surface area contributed by atoms with Crippen LogP contribution in [0, 0.1) is 0 Å². The van der Waals surface area contributed by atoms with Crippen molar-refractivity contribution in [2.24, 2.45) is 0 Å². The first-order valence-corrected chi connectivity index (χ1v) is 6.12. The van der Waals surface area contributed by atoms with E-state index in [4.69, 9.17) is 4.74 Å². The molecule has 0 fully saturated rings. The van der Waals surface area contributed by atoms with Crippen molar-refractivity contribution in [2.45, 2.75) is 6.54 Å². The Morgan fingerprint density at radius 3 is 3.14 bits per heavy atom. The fourth-order valence-electron chi connectivity index (χ4n) is 0.969. The van der Waals surface area contributed by atoms with E-state index >= 15 is 0 Å². The lowest BCUT2D eigenvalue weighted by Gasteiger charge is -2.02. The topological polar surface area (TPSA) is 21.3 Å². The molecule has 0 saturated carbocycles. The molecule has 0 unspecified atom stereocenters. The summed E-state index contributed by atoms with van der Waals surface area (Å²) in [4.78, 5) is 1.33. The number of ether oxygens (including phenoxy) is 1. The average Bonchev–Trinajstić information content (AvgIpc) is 2.58. The molecule has 0 aromatic carbocycles. The average molecular weight is 276 g/mol. The van der Waals surface area contributed by atoms with Gasteiger partial charge in [-0.2, -0.15) is 0 Å². The summed E-state index contributed by atoms with van der Waals surface area (Å²) in [6, 6.07) is 2.13.